The van der Waals surface area contributed by atoms with Crippen molar-refractivity contribution in [3.63, 3.8) is 0 Å². The van der Waals surface area contributed by atoms with Gasteiger partial charge in [-0.15, -0.1) is 0 Å². The second-order valence-electron chi connectivity index (χ2n) is 18.5. The predicted molar refractivity (Wildman–Crippen MR) is 297 cm³/mol. The smallest absolute Gasteiger partial charge is 0.310 e. The molecular formula is C63H104O6. The average Bonchev–Trinajstić information content (AvgIpc) is 3.35. The largest absolute Gasteiger partial charge is 0.462 e. The molecule has 0 radical (unpaired) electrons. The van der Waals surface area contributed by atoms with Gasteiger partial charge in [0.1, 0.15) is 13.2 Å². The summed E-state index contributed by atoms with van der Waals surface area (Å²) < 4.78 is 16.7. The van der Waals surface area contributed by atoms with E-state index in [4.69, 9.17) is 14.2 Å². The van der Waals surface area contributed by atoms with E-state index < -0.39 is 12.1 Å². The molecule has 0 aliphatic rings. The van der Waals surface area contributed by atoms with Crippen LogP contribution in [0.5, 0.6) is 0 Å². The molecule has 0 aliphatic heterocycles. The van der Waals surface area contributed by atoms with Gasteiger partial charge >= 0.3 is 17.9 Å². The minimum atomic E-state index is -0.836. The topological polar surface area (TPSA) is 78.9 Å². The van der Waals surface area contributed by atoms with Crippen LogP contribution in [0.4, 0.5) is 0 Å². The summed E-state index contributed by atoms with van der Waals surface area (Å²) in [4.78, 5) is 38.1. The summed E-state index contributed by atoms with van der Waals surface area (Å²) in [5.74, 6) is -1.06. The fourth-order valence-electron chi connectivity index (χ4n) is 7.63. The Hall–Kier alpha value is -3.93. The van der Waals surface area contributed by atoms with E-state index in [0.29, 0.717) is 12.8 Å². The predicted octanol–water partition coefficient (Wildman–Crippen LogP) is 19.1. The van der Waals surface area contributed by atoms with Crippen molar-refractivity contribution in [1.82, 2.24) is 0 Å². The van der Waals surface area contributed by atoms with Crippen molar-refractivity contribution in [2.75, 3.05) is 13.2 Å². The first-order valence-electron chi connectivity index (χ1n) is 28.4. The van der Waals surface area contributed by atoms with Gasteiger partial charge < -0.3 is 14.2 Å². The molecule has 0 heterocycles. The first-order valence-corrected chi connectivity index (χ1v) is 28.4. The van der Waals surface area contributed by atoms with Crippen molar-refractivity contribution in [3.05, 3.63) is 109 Å². The number of unbranched alkanes of at least 4 members (excludes halogenated alkanes) is 22. The SMILES string of the molecule is CC/C=C\C/C=C\C/C=C\C/C=C\C/C=C\CC(=O)OC(COC(=O)CCCCCCCCCC/C=C\C/C=C\C/C=C\C/C=C\CC)COC(=O)CCCCCCCCCCCCCCCCC. The number of hydrogen-bond donors (Lipinski definition) is 0. The third-order valence-corrected chi connectivity index (χ3v) is 11.8. The number of carbonyl (C=O) groups is 3. The van der Waals surface area contributed by atoms with Gasteiger partial charge in [0.15, 0.2) is 6.10 Å². The van der Waals surface area contributed by atoms with Gasteiger partial charge in [0, 0.05) is 12.8 Å². The minimum absolute atomic E-state index is 0.0936. The van der Waals surface area contributed by atoms with E-state index in [2.05, 4.69) is 118 Å². The normalized spacial score (nSPS) is 12.9. The van der Waals surface area contributed by atoms with E-state index in [-0.39, 0.29) is 31.6 Å². The zero-order chi connectivity index (χ0) is 50.0. The van der Waals surface area contributed by atoms with Crippen molar-refractivity contribution < 1.29 is 28.6 Å². The summed E-state index contributed by atoms with van der Waals surface area (Å²) in [7, 11) is 0. The van der Waals surface area contributed by atoms with Gasteiger partial charge in [0.25, 0.3) is 0 Å². The van der Waals surface area contributed by atoms with E-state index in [1.165, 1.54) is 109 Å². The molecule has 0 bridgehead atoms. The molecule has 6 heteroatoms. The van der Waals surface area contributed by atoms with E-state index in [0.717, 1.165) is 103 Å². The maximum atomic E-state index is 12.8. The maximum absolute atomic E-state index is 12.8. The molecule has 0 spiro atoms. The fourth-order valence-corrected chi connectivity index (χ4v) is 7.63. The second kappa shape index (κ2) is 56.7. The fraction of sp³-hybridized carbons (Fsp3) is 0.667. The molecule has 1 atom stereocenters. The minimum Gasteiger partial charge on any atom is -0.462 e. The first-order chi connectivity index (χ1) is 34.0. The Morgan fingerprint density at radius 2 is 0.609 bits per heavy atom. The third-order valence-electron chi connectivity index (χ3n) is 11.8. The molecule has 0 saturated heterocycles. The highest BCUT2D eigenvalue weighted by molar-refractivity contribution is 5.72. The van der Waals surface area contributed by atoms with Gasteiger partial charge in [-0.3, -0.25) is 14.4 Å². The molecular weight excluding hydrogens is 853 g/mol. The van der Waals surface area contributed by atoms with Crippen molar-refractivity contribution in [1.29, 1.82) is 0 Å². The van der Waals surface area contributed by atoms with Crippen LogP contribution >= 0.6 is 0 Å². The Kier molecular flexibility index (Phi) is 53.4. The molecule has 1 unspecified atom stereocenters. The van der Waals surface area contributed by atoms with Gasteiger partial charge in [0.05, 0.1) is 6.42 Å². The molecule has 69 heavy (non-hydrogen) atoms. The molecule has 0 N–H and O–H groups in total. The molecule has 0 aromatic carbocycles. The number of ether oxygens (including phenoxy) is 3. The van der Waals surface area contributed by atoms with Crippen LogP contribution in [0.2, 0.25) is 0 Å². The van der Waals surface area contributed by atoms with Crippen LogP contribution in [0.1, 0.15) is 252 Å². The summed E-state index contributed by atoms with van der Waals surface area (Å²) in [6.07, 6.45) is 76.7. The quantitative estimate of drug-likeness (QED) is 0.0262. The first kappa shape index (κ1) is 65.1. The highest BCUT2D eigenvalue weighted by Gasteiger charge is 2.19. The van der Waals surface area contributed by atoms with Crippen LogP contribution in [0.25, 0.3) is 0 Å². The van der Waals surface area contributed by atoms with E-state index in [1.807, 2.05) is 6.08 Å². The molecule has 0 saturated carbocycles. The summed E-state index contributed by atoms with van der Waals surface area (Å²) in [5.41, 5.74) is 0. The van der Waals surface area contributed by atoms with Crippen LogP contribution in [0.3, 0.4) is 0 Å². The average molecular weight is 958 g/mol. The lowest BCUT2D eigenvalue weighted by Gasteiger charge is -2.18. The van der Waals surface area contributed by atoms with Crippen molar-refractivity contribution in [2.45, 2.75) is 258 Å². The highest BCUT2D eigenvalue weighted by Crippen LogP contribution is 2.15. The number of carbonyl (C=O) groups excluding carboxylic acids is 3. The lowest BCUT2D eigenvalue weighted by molar-refractivity contribution is -0.166. The highest BCUT2D eigenvalue weighted by atomic mass is 16.6. The Morgan fingerprint density at radius 1 is 0.319 bits per heavy atom. The van der Waals surface area contributed by atoms with Crippen LogP contribution in [0, 0.1) is 0 Å². The molecule has 6 nitrogen and oxygen atoms in total. The number of esters is 3. The van der Waals surface area contributed by atoms with Gasteiger partial charge in [-0.2, -0.15) is 0 Å². The zero-order valence-electron chi connectivity index (χ0n) is 44.8. The molecule has 0 rings (SSSR count). The van der Waals surface area contributed by atoms with Gasteiger partial charge in [-0.25, -0.2) is 0 Å². The lowest BCUT2D eigenvalue weighted by atomic mass is 10.0. The van der Waals surface area contributed by atoms with Crippen LogP contribution < -0.4 is 0 Å². The van der Waals surface area contributed by atoms with Gasteiger partial charge in [0.2, 0.25) is 0 Å². The Bertz CT molecular complexity index is 1420. The Balaban J connectivity index is 4.47. The summed E-state index contributed by atoms with van der Waals surface area (Å²) in [6, 6.07) is 0. The van der Waals surface area contributed by atoms with Crippen LogP contribution in [-0.2, 0) is 28.6 Å². The molecule has 0 aromatic heterocycles. The number of allylic oxidation sites excluding steroid dienone is 17. The summed E-state index contributed by atoms with van der Waals surface area (Å²) in [6.45, 7) is 6.33. The van der Waals surface area contributed by atoms with Crippen molar-refractivity contribution >= 4 is 17.9 Å². The van der Waals surface area contributed by atoms with E-state index in [1.54, 1.807) is 6.08 Å². The zero-order valence-corrected chi connectivity index (χ0v) is 44.8. The molecule has 0 aliphatic carbocycles. The molecule has 0 amide bonds. The van der Waals surface area contributed by atoms with E-state index >= 15 is 0 Å². The summed E-state index contributed by atoms with van der Waals surface area (Å²) in [5, 5.41) is 0. The maximum Gasteiger partial charge on any atom is 0.310 e. The van der Waals surface area contributed by atoms with Crippen molar-refractivity contribution in [2.24, 2.45) is 0 Å². The number of hydrogen-bond acceptors (Lipinski definition) is 6. The molecule has 0 fully saturated rings. The van der Waals surface area contributed by atoms with Gasteiger partial charge in [-0.05, 0) is 83.5 Å². The van der Waals surface area contributed by atoms with E-state index in [9.17, 15) is 14.4 Å². The van der Waals surface area contributed by atoms with Crippen molar-refractivity contribution in [3.8, 4) is 0 Å². The Morgan fingerprint density at radius 3 is 0.957 bits per heavy atom. The van der Waals surface area contributed by atoms with Gasteiger partial charge in [-0.1, -0.05) is 259 Å². The molecule has 0 aromatic rings. The second-order valence-corrected chi connectivity index (χ2v) is 18.5. The number of rotatable bonds is 50. The lowest BCUT2D eigenvalue weighted by Crippen LogP contribution is -2.30. The van der Waals surface area contributed by atoms with Crippen LogP contribution in [0.15, 0.2) is 109 Å². The summed E-state index contributed by atoms with van der Waals surface area (Å²) >= 11 is 0. The standard InChI is InChI=1S/C63H104O6/c1-4-7-10-13-16-19-22-25-28-29-30-31-32-33-36-38-41-44-47-50-53-56-62(65)68-59-60(69-63(66)57-54-51-48-45-42-39-35-27-24-21-18-15-12-9-6-3)58-67-61(64)55-52-49-46-43-40-37-34-26-23-20-17-14-11-8-5-2/h7,9-10,12,16,18-19,21,25,27-28,30-31,35,42,45,51,54,60H,4-6,8,11,13-15,17,20,22-24,26,29,32-34,36-41,43-44,46-50,52-53,55-59H2,1-3H3/b10-7-,12-9-,19-16-,21-18-,28-25-,31-30-,35-27-,45-42-,54-51-. The molecule has 392 valence electrons. The third kappa shape index (κ3) is 54.9. The monoisotopic (exact) mass is 957 g/mol. The van der Waals surface area contributed by atoms with Crippen LogP contribution in [-0.4, -0.2) is 37.2 Å². The Labute approximate surface area is 425 Å².